The predicted octanol–water partition coefficient (Wildman–Crippen LogP) is 7.90. The molecule has 0 aromatic heterocycles. The van der Waals surface area contributed by atoms with E-state index in [2.05, 4.69) is 48.4 Å². The van der Waals surface area contributed by atoms with Crippen LogP contribution in [0.5, 0.6) is 0 Å². The summed E-state index contributed by atoms with van der Waals surface area (Å²) in [5.41, 5.74) is 1.63. The lowest BCUT2D eigenvalue weighted by atomic mass is 10.1. The Morgan fingerprint density at radius 2 is 1.22 bits per heavy atom. The first-order valence-electron chi connectivity index (χ1n) is 9.98. The van der Waals surface area contributed by atoms with E-state index < -0.39 is 11.0 Å². The Kier molecular flexibility index (Phi) is 8.15. The fourth-order valence-electron chi connectivity index (χ4n) is 2.95. The summed E-state index contributed by atoms with van der Waals surface area (Å²) in [5.74, 6) is 0. The first kappa shape index (κ1) is 24.5. The zero-order chi connectivity index (χ0) is 23.3. The van der Waals surface area contributed by atoms with Crippen molar-refractivity contribution < 1.29 is 9.00 Å². The molecular formula is C26H23Br2NO2S. The zero-order valence-corrected chi connectivity index (χ0v) is 22.0. The van der Waals surface area contributed by atoms with Gasteiger partial charge in [-0.15, -0.1) is 0 Å². The molecule has 1 unspecified atom stereocenters. The average molecular weight is 573 g/mol. The quantitative estimate of drug-likeness (QED) is 0.185. The number of benzene rings is 4. The number of carbonyl (C=O) groups is 1. The van der Waals surface area contributed by atoms with Crippen molar-refractivity contribution in [1.82, 2.24) is 0 Å². The Bertz CT molecular complexity index is 1330. The van der Waals surface area contributed by atoms with E-state index >= 15 is 0 Å². The van der Waals surface area contributed by atoms with Crippen molar-refractivity contribution in [2.45, 2.75) is 25.5 Å². The van der Waals surface area contributed by atoms with E-state index in [9.17, 15) is 9.00 Å². The average Bonchev–Trinajstić information content (AvgIpc) is 2.79. The van der Waals surface area contributed by atoms with Crippen LogP contribution in [0.4, 0.5) is 0 Å². The zero-order valence-electron chi connectivity index (χ0n) is 18.0. The molecule has 4 rings (SSSR count). The third kappa shape index (κ3) is 5.80. The minimum atomic E-state index is -1.23. The van der Waals surface area contributed by atoms with Crippen LogP contribution in [-0.4, -0.2) is 21.5 Å². The molecule has 0 aliphatic heterocycles. The molecule has 0 heterocycles. The van der Waals surface area contributed by atoms with Crippen molar-refractivity contribution in [2.24, 2.45) is 4.40 Å². The van der Waals surface area contributed by atoms with E-state index in [0.717, 1.165) is 37.0 Å². The van der Waals surface area contributed by atoms with Crippen molar-refractivity contribution in [3.05, 3.63) is 92.9 Å². The molecule has 1 atom stereocenters. The van der Waals surface area contributed by atoms with E-state index in [1.165, 1.54) is 5.39 Å². The lowest BCUT2D eigenvalue weighted by Gasteiger charge is -2.12. The molecule has 0 fully saturated rings. The van der Waals surface area contributed by atoms with Crippen LogP contribution in [-0.2, 0) is 11.0 Å². The summed E-state index contributed by atoms with van der Waals surface area (Å²) >= 11 is 7.00. The van der Waals surface area contributed by atoms with Gasteiger partial charge in [0.25, 0.3) is 0 Å². The van der Waals surface area contributed by atoms with Gasteiger partial charge in [-0.1, -0.05) is 66.7 Å². The number of hydrogen-bond donors (Lipinski definition) is 0. The fourth-order valence-corrected chi connectivity index (χ4v) is 4.66. The van der Waals surface area contributed by atoms with Crippen LogP contribution in [0.1, 0.15) is 36.7 Å². The number of aldehydes is 1. The van der Waals surface area contributed by atoms with Crippen LogP contribution < -0.4 is 0 Å². The molecule has 3 nitrogen and oxygen atoms in total. The van der Waals surface area contributed by atoms with Crippen molar-refractivity contribution in [3.8, 4) is 0 Å². The van der Waals surface area contributed by atoms with Crippen molar-refractivity contribution in [3.63, 3.8) is 0 Å². The Morgan fingerprint density at radius 3 is 1.72 bits per heavy atom. The van der Waals surface area contributed by atoms with E-state index in [1.54, 1.807) is 6.21 Å². The van der Waals surface area contributed by atoms with Gasteiger partial charge >= 0.3 is 0 Å². The van der Waals surface area contributed by atoms with Crippen LogP contribution in [0.15, 0.2) is 86.1 Å². The fraction of sp³-hybridized carbons (Fsp3) is 0.154. The Balaban J connectivity index is 0.000000193. The predicted molar refractivity (Wildman–Crippen MR) is 144 cm³/mol. The monoisotopic (exact) mass is 571 g/mol. The summed E-state index contributed by atoms with van der Waals surface area (Å²) in [5, 5.41) is 4.52. The summed E-state index contributed by atoms with van der Waals surface area (Å²) in [6.07, 6.45) is 2.54. The molecular weight excluding hydrogens is 550 g/mol. The summed E-state index contributed by atoms with van der Waals surface area (Å²) in [7, 11) is -1.23. The van der Waals surface area contributed by atoms with Crippen LogP contribution >= 0.6 is 31.9 Å². The van der Waals surface area contributed by atoms with Gasteiger partial charge in [-0.2, -0.15) is 4.40 Å². The maximum Gasteiger partial charge on any atom is 0.151 e. The number of rotatable bonds is 3. The SMILES string of the molecule is CC(C)(C)S(=O)N=Cc1ccc2ccccc2c1Br.O=Cc1ccc2ccccc2c1Br. The molecule has 32 heavy (non-hydrogen) atoms. The first-order chi connectivity index (χ1) is 15.2. The van der Waals surface area contributed by atoms with Gasteiger partial charge in [-0.05, 0) is 80.2 Å². The molecule has 164 valence electrons. The van der Waals surface area contributed by atoms with Crippen molar-refractivity contribution >= 4 is 76.9 Å². The Morgan fingerprint density at radius 1 is 0.750 bits per heavy atom. The van der Waals surface area contributed by atoms with Gasteiger partial charge in [-0.3, -0.25) is 4.79 Å². The van der Waals surface area contributed by atoms with Gasteiger partial charge in [0.15, 0.2) is 6.29 Å². The molecule has 0 saturated carbocycles. The molecule has 0 amide bonds. The van der Waals surface area contributed by atoms with E-state index in [4.69, 9.17) is 0 Å². The lowest BCUT2D eigenvalue weighted by Crippen LogP contribution is -2.19. The van der Waals surface area contributed by atoms with Crippen LogP contribution in [0.2, 0.25) is 0 Å². The second kappa shape index (κ2) is 10.6. The summed E-state index contributed by atoms with van der Waals surface area (Å²) < 4.78 is 17.6. The molecule has 0 aliphatic rings. The number of halogens is 2. The third-order valence-corrected chi connectivity index (χ3v) is 7.84. The molecule has 4 aromatic carbocycles. The largest absolute Gasteiger partial charge is 0.298 e. The molecule has 0 saturated heterocycles. The van der Waals surface area contributed by atoms with E-state index in [0.29, 0.717) is 5.56 Å². The second-order valence-corrected chi connectivity index (χ2v) is 11.6. The maximum absolute atomic E-state index is 11.9. The highest BCUT2D eigenvalue weighted by Gasteiger charge is 2.18. The van der Waals surface area contributed by atoms with Gasteiger partial charge in [-0.25, -0.2) is 4.21 Å². The van der Waals surface area contributed by atoms with Gasteiger partial charge in [0, 0.05) is 26.3 Å². The van der Waals surface area contributed by atoms with E-state index in [-0.39, 0.29) is 4.75 Å². The first-order valence-corrected chi connectivity index (χ1v) is 12.7. The van der Waals surface area contributed by atoms with E-state index in [1.807, 2.05) is 81.4 Å². The number of hydrogen-bond acceptors (Lipinski definition) is 2. The number of nitrogens with zero attached hydrogens (tertiary/aromatic N) is 1. The molecule has 0 N–H and O–H groups in total. The summed E-state index contributed by atoms with van der Waals surface area (Å²) in [6.45, 7) is 5.74. The number of carbonyl (C=O) groups excluding carboxylic acids is 1. The molecule has 4 aromatic rings. The van der Waals surface area contributed by atoms with Gasteiger partial charge in [0.2, 0.25) is 0 Å². The highest BCUT2D eigenvalue weighted by Crippen LogP contribution is 2.27. The van der Waals surface area contributed by atoms with Crippen molar-refractivity contribution in [2.75, 3.05) is 0 Å². The standard InChI is InChI=1S/C15H16BrNOS.C11H7BrO/c1-15(2,3)19(18)17-10-12-9-8-11-6-4-5-7-13(11)14(12)16;12-11-9(7-13)6-5-8-3-1-2-4-10(8)11/h4-10H,1-3H3;1-7H. The highest BCUT2D eigenvalue weighted by molar-refractivity contribution is 9.11. The van der Waals surface area contributed by atoms with Gasteiger partial charge in [0.1, 0.15) is 11.0 Å². The van der Waals surface area contributed by atoms with Crippen LogP contribution in [0.25, 0.3) is 21.5 Å². The minimum Gasteiger partial charge on any atom is -0.298 e. The smallest absolute Gasteiger partial charge is 0.151 e. The summed E-state index contributed by atoms with van der Waals surface area (Å²) in [4.78, 5) is 10.6. The Hall–Kier alpha value is -2.15. The highest BCUT2D eigenvalue weighted by atomic mass is 79.9. The third-order valence-electron chi connectivity index (χ3n) is 4.72. The Labute approximate surface area is 207 Å². The molecule has 0 bridgehead atoms. The minimum absolute atomic E-state index is 0.334. The molecule has 0 radical (unpaired) electrons. The van der Waals surface area contributed by atoms with Crippen LogP contribution in [0, 0.1) is 0 Å². The summed E-state index contributed by atoms with van der Waals surface area (Å²) in [6, 6.07) is 23.9. The van der Waals surface area contributed by atoms with Crippen LogP contribution in [0.3, 0.4) is 0 Å². The van der Waals surface area contributed by atoms with Gasteiger partial charge < -0.3 is 0 Å². The number of fused-ring (bicyclic) bond motifs is 2. The van der Waals surface area contributed by atoms with Gasteiger partial charge in [0.05, 0.1) is 4.75 Å². The molecule has 6 heteroatoms. The van der Waals surface area contributed by atoms with Crippen molar-refractivity contribution in [1.29, 1.82) is 0 Å². The maximum atomic E-state index is 11.9. The molecule has 0 spiro atoms. The lowest BCUT2D eigenvalue weighted by molar-refractivity contribution is 0.112. The topological polar surface area (TPSA) is 46.5 Å². The molecule has 0 aliphatic carbocycles. The second-order valence-electron chi connectivity index (χ2n) is 8.09. The normalized spacial score (nSPS) is 12.5.